The Kier molecular flexibility index (Phi) is 4.43. The minimum atomic E-state index is -0.406. The molecular weight excluding hydrogens is 390 g/mol. The molecule has 4 heteroatoms. The first-order valence-corrected chi connectivity index (χ1v) is 9.08. The molecule has 0 aromatic heterocycles. The van der Waals surface area contributed by atoms with Crippen molar-refractivity contribution in [3.8, 4) is 5.75 Å². The lowest BCUT2D eigenvalue weighted by Gasteiger charge is -2.12. The Balaban J connectivity index is 1.90. The van der Waals surface area contributed by atoms with Gasteiger partial charge < -0.3 is 4.74 Å². The minimum Gasteiger partial charge on any atom is -0.497 e. The van der Waals surface area contributed by atoms with Crippen LogP contribution in [-0.2, 0) is 0 Å². The first kappa shape index (κ1) is 16.7. The first-order chi connectivity index (χ1) is 12.7. The van der Waals surface area contributed by atoms with E-state index >= 15 is 0 Å². The van der Waals surface area contributed by atoms with Crippen LogP contribution in [0.3, 0.4) is 0 Å². The number of halogens is 1. The summed E-state index contributed by atoms with van der Waals surface area (Å²) in [6, 6.07) is 23.1. The van der Waals surface area contributed by atoms with Gasteiger partial charge in [0.25, 0.3) is 0 Å². The zero-order chi connectivity index (χ0) is 18.1. The number of hydrogen-bond donors (Lipinski definition) is 0. The number of carbonyl (C=O) groups excluding carboxylic acids is 1. The number of fused-ring (bicyclic) bond motifs is 1. The van der Waals surface area contributed by atoms with E-state index in [2.05, 4.69) is 15.9 Å². The van der Waals surface area contributed by atoms with Gasteiger partial charge >= 0.3 is 0 Å². The molecule has 3 nitrogen and oxygen atoms in total. The second-order valence-electron chi connectivity index (χ2n) is 6.10. The Morgan fingerprint density at radius 2 is 1.69 bits per heavy atom. The van der Waals surface area contributed by atoms with Gasteiger partial charge in [0.1, 0.15) is 5.75 Å². The maximum Gasteiger partial charge on any atom is 0.176 e. The summed E-state index contributed by atoms with van der Waals surface area (Å²) in [6.45, 7) is 0. The number of ketones is 1. The predicted molar refractivity (Wildman–Crippen MR) is 107 cm³/mol. The summed E-state index contributed by atoms with van der Waals surface area (Å²) in [5, 5.41) is 0. The van der Waals surface area contributed by atoms with Crippen LogP contribution in [0.1, 0.15) is 27.4 Å². The molecule has 0 saturated heterocycles. The lowest BCUT2D eigenvalue weighted by atomic mass is 9.93. The van der Waals surface area contributed by atoms with Crippen molar-refractivity contribution >= 4 is 33.1 Å². The lowest BCUT2D eigenvalue weighted by Crippen LogP contribution is -2.13. The van der Waals surface area contributed by atoms with E-state index in [0.29, 0.717) is 0 Å². The first-order valence-electron chi connectivity index (χ1n) is 8.29. The van der Waals surface area contributed by atoms with E-state index in [1.54, 1.807) is 7.11 Å². The summed E-state index contributed by atoms with van der Waals surface area (Å²) in [5.74, 6) is 0.417. The molecule has 0 N–H and O–H groups in total. The predicted octanol–water partition coefficient (Wildman–Crippen LogP) is 5.56. The molecule has 1 atom stereocenters. The van der Waals surface area contributed by atoms with Crippen molar-refractivity contribution in [3.05, 3.63) is 94.0 Å². The molecule has 0 amide bonds. The van der Waals surface area contributed by atoms with E-state index in [-0.39, 0.29) is 5.78 Å². The Hall–Kier alpha value is -2.72. The summed E-state index contributed by atoms with van der Waals surface area (Å²) in [7, 11) is 1.63. The van der Waals surface area contributed by atoms with Crippen molar-refractivity contribution in [3.63, 3.8) is 0 Å². The second-order valence-corrected chi connectivity index (χ2v) is 7.01. The van der Waals surface area contributed by atoms with Gasteiger partial charge in [0, 0.05) is 21.7 Å². The third-order valence-corrected chi connectivity index (χ3v) is 4.98. The van der Waals surface area contributed by atoms with Crippen LogP contribution in [0.15, 0.2) is 82.3 Å². The van der Waals surface area contributed by atoms with Gasteiger partial charge in [-0.25, -0.2) is 0 Å². The number of methoxy groups -OCH3 is 1. The van der Waals surface area contributed by atoms with Crippen molar-refractivity contribution in [2.45, 2.75) is 5.92 Å². The molecule has 1 aliphatic rings. The van der Waals surface area contributed by atoms with Crippen LogP contribution >= 0.6 is 15.9 Å². The van der Waals surface area contributed by atoms with Gasteiger partial charge in [0.15, 0.2) is 5.78 Å². The van der Waals surface area contributed by atoms with Crippen molar-refractivity contribution in [1.82, 2.24) is 0 Å². The average molecular weight is 406 g/mol. The third kappa shape index (κ3) is 2.97. The summed E-state index contributed by atoms with van der Waals surface area (Å²) in [4.78, 5) is 18.0. The van der Waals surface area contributed by atoms with Crippen LogP contribution in [0.5, 0.6) is 5.75 Å². The smallest absolute Gasteiger partial charge is 0.176 e. The molecule has 4 rings (SSSR count). The number of aliphatic imine (C=N–C) groups is 1. The molecule has 0 radical (unpaired) electrons. The van der Waals surface area contributed by atoms with Crippen LogP contribution in [0.25, 0.3) is 0 Å². The van der Waals surface area contributed by atoms with Crippen LogP contribution < -0.4 is 4.74 Å². The van der Waals surface area contributed by atoms with E-state index in [1.165, 1.54) is 0 Å². The topological polar surface area (TPSA) is 38.7 Å². The molecule has 0 heterocycles. The van der Waals surface area contributed by atoms with Gasteiger partial charge in [-0.15, -0.1) is 0 Å². The van der Waals surface area contributed by atoms with Gasteiger partial charge in [-0.2, -0.15) is 0 Å². The van der Waals surface area contributed by atoms with Crippen molar-refractivity contribution in [2.24, 2.45) is 4.99 Å². The SMILES string of the molecule is COc1cccc(N=C2c3ccccc3C(=O)C2c2cccc(Br)c2)c1. The number of hydrogen-bond acceptors (Lipinski definition) is 3. The molecule has 0 saturated carbocycles. The molecule has 0 aliphatic heterocycles. The van der Waals surface area contributed by atoms with Crippen LogP contribution in [0.4, 0.5) is 5.69 Å². The Morgan fingerprint density at radius 1 is 0.923 bits per heavy atom. The standard InChI is InChI=1S/C22H16BrNO2/c1-26-17-9-5-8-16(13-17)24-21-18-10-2-3-11-19(18)22(25)20(21)14-6-4-7-15(23)12-14/h2-13,20H,1H3. The van der Waals surface area contributed by atoms with E-state index in [9.17, 15) is 4.79 Å². The van der Waals surface area contributed by atoms with Crippen molar-refractivity contribution in [2.75, 3.05) is 7.11 Å². The molecule has 0 spiro atoms. The molecule has 1 unspecified atom stereocenters. The Bertz CT molecular complexity index is 1030. The van der Waals surface area contributed by atoms with Gasteiger partial charge in [-0.05, 0) is 29.8 Å². The highest BCUT2D eigenvalue weighted by molar-refractivity contribution is 9.10. The molecule has 26 heavy (non-hydrogen) atoms. The summed E-state index contributed by atoms with van der Waals surface area (Å²) < 4.78 is 6.24. The number of benzene rings is 3. The fraction of sp³-hybridized carbons (Fsp3) is 0.0909. The van der Waals surface area contributed by atoms with Crippen molar-refractivity contribution < 1.29 is 9.53 Å². The number of carbonyl (C=O) groups is 1. The third-order valence-electron chi connectivity index (χ3n) is 4.49. The van der Waals surface area contributed by atoms with E-state index in [0.717, 1.165) is 38.3 Å². The highest BCUT2D eigenvalue weighted by Gasteiger charge is 2.37. The maximum absolute atomic E-state index is 13.1. The molecular formula is C22H16BrNO2. The van der Waals surface area contributed by atoms with Crippen molar-refractivity contribution in [1.29, 1.82) is 0 Å². The molecule has 1 aliphatic carbocycles. The number of Topliss-reactive ketones (excluding diaryl/α,β-unsaturated/α-hetero) is 1. The zero-order valence-electron chi connectivity index (χ0n) is 14.1. The van der Waals surface area contributed by atoms with Crippen LogP contribution in [0.2, 0.25) is 0 Å². The van der Waals surface area contributed by atoms with E-state index < -0.39 is 5.92 Å². The number of rotatable bonds is 3. The monoisotopic (exact) mass is 405 g/mol. The summed E-state index contributed by atoms with van der Waals surface area (Å²) in [6.07, 6.45) is 0. The Labute approximate surface area is 160 Å². The molecule has 3 aromatic carbocycles. The van der Waals surface area contributed by atoms with E-state index in [1.807, 2.05) is 72.8 Å². The molecule has 0 fully saturated rings. The van der Waals surface area contributed by atoms with Crippen LogP contribution in [-0.4, -0.2) is 18.6 Å². The second kappa shape index (κ2) is 6.89. The van der Waals surface area contributed by atoms with Gasteiger partial charge in [0.2, 0.25) is 0 Å². The number of ether oxygens (including phenoxy) is 1. The summed E-state index contributed by atoms with van der Waals surface area (Å²) >= 11 is 3.50. The lowest BCUT2D eigenvalue weighted by molar-refractivity contribution is 0.0988. The van der Waals surface area contributed by atoms with Gasteiger partial charge in [-0.3, -0.25) is 9.79 Å². The van der Waals surface area contributed by atoms with E-state index in [4.69, 9.17) is 9.73 Å². The summed E-state index contributed by atoms with van der Waals surface area (Å²) in [5.41, 5.74) is 4.09. The number of nitrogens with zero attached hydrogens (tertiary/aromatic N) is 1. The highest BCUT2D eigenvalue weighted by atomic mass is 79.9. The normalized spacial score (nSPS) is 17.4. The maximum atomic E-state index is 13.1. The fourth-order valence-electron chi connectivity index (χ4n) is 3.30. The largest absolute Gasteiger partial charge is 0.497 e. The van der Waals surface area contributed by atoms with Crippen LogP contribution in [0, 0.1) is 0 Å². The molecule has 3 aromatic rings. The molecule has 128 valence electrons. The van der Waals surface area contributed by atoms with Gasteiger partial charge in [0.05, 0.1) is 24.4 Å². The highest BCUT2D eigenvalue weighted by Crippen LogP contribution is 2.37. The minimum absolute atomic E-state index is 0.0837. The Morgan fingerprint density at radius 3 is 2.46 bits per heavy atom. The quantitative estimate of drug-likeness (QED) is 0.571. The fourth-order valence-corrected chi connectivity index (χ4v) is 3.71. The zero-order valence-corrected chi connectivity index (χ0v) is 15.7. The average Bonchev–Trinajstić information content (AvgIpc) is 2.94. The van der Waals surface area contributed by atoms with Gasteiger partial charge in [-0.1, -0.05) is 58.4 Å². The molecule has 0 bridgehead atoms.